The molecule has 0 saturated carbocycles. The highest BCUT2D eigenvalue weighted by molar-refractivity contribution is 4.74. The van der Waals surface area contributed by atoms with Gasteiger partial charge in [-0.15, -0.1) is 0 Å². The van der Waals surface area contributed by atoms with Crippen molar-refractivity contribution in [3.63, 3.8) is 0 Å². The van der Waals surface area contributed by atoms with E-state index in [-0.39, 0.29) is 18.6 Å². The summed E-state index contributed by atoms with van der Waals surface area (Å²) >= 11 is 0. The van der Waals surface area contributed by atoms with Gasteiger partial charge in [0.2, 0.25) is 0 Å². The van der Waals surface area contributed by atoms with Crippen LogP contribution in [0.5, 0.6) is 0 Å². The Morgan fingerprint density at radius 2 is 1.73 bits per heavy atom. The molecule has 0 fully saturated rings. The maximum absolute atomic E-state index is 8.97. The quantitative estimate of drug-likeness (QED) is 0.638. The fraction of sp³-hybridized carbons (Fsp3) is 1.00. The van der Waals surface area contributed by atoms with Crippen molar-refractivity contribution in [2.75, 3.05) is 13.2 Å². The second-order valence-electron chi connectivity index (χ2n) is 3.84. The molecule has 68 valence electrons. The molecule has 0 heterocycles. The van der Waals surface area contributed by atoms with Gasteiger partial charge in [-0.3, -0.25) is 0 Å². The SMILES string of the molecule is CCC(C)CC(C)(CO)CO. The van der Waals surface area contributed by atoms with Crippen LogP contribution in [0.4, 0.5) is 0 Å². The lowest BCUT2D eigenvalue weighted by Crippen LogP contribution is -2.28. The Hall–Kier alpha value is -0.0800. The number of aliphatic hydroxyl groups is 2. The molecule has 1 atom stereocenters. The zero-order valence-electron chi connectivity index (χ0n) is 7.80. The molecule has 0 aromatic carbocycles. The highest BCUT2D eigenvalue weighted by Gasteiger charge is 2.24. The molecular formula is C9H20O2. The van der Waals surface area contributed by atoms with Crippen LogP contribution < -0.4 is 0 Å². The summed E-state index contributed by atoms with van der Waals surface area (Å²) in [5, 5.41) is 17.9. The third kappa shape index (κ3) is 3.73. The van der Waals surface area contributed by atoms with Gasteiger partial charge in [0.1, 0.15) is 0 Å². The minimum absolute atomic E-state index is 0.0772. The summed E-state index contributed by atoms with van der Waals surface area (Å²) in [6.45, 7) is 6.34. The van der Waals surface area contributed by atoms with E-state index >= 15 is 0 Å². The van der Waals surface area contributed by atoms with Gasteiger partial charge in [-0.05, 0) is 12.3 Å². The summed E-state index contributed by atoms with van der Waals surface area (Å²) < 4.78 is 0. The Kier molecular flexibility index (Phi) is 4.69. The third-order valence-electron chi connectivity index (χ3n) is 2.30. The molecule has 0 aliphatic heterocycles. The average molecular weight is 160 g/mol. The predicted octanol–water partition coefficient (Wildman–Crippen LogP) is 1.41. The monoisotopic (exact) mass is 160 g/mol. The Bertz CT molecular complexity index is 97.7. The first-order valence-corrected chi connectivity index (χ1v) is 4.29. The van der Waals surface area contributed by atoms with Gasteiger partial charge >= 0.3 is 0 Å². The smallest absolute Gasteiger partial charge is 0.0506 e. The predicted molar refractivity (Wildman–Crippen MR) is 46.4 cm³/mol. The second kappa shape index (κ2) is 4.73. The molecule has 0 bridgehead atoms. The average Bonchev–Trinajstić information content (AvgIpc) is 2.04. The Morgan fingerprint density at radius 3 is 2.00 bits per heavy atom. The lowest BCUT2D eigenvalue weighted by Gasteiger charge is -2.27. The van der Waals surface area contributed by atoms with Crippen LogP contribution in [0.1, 0.15) is 33.6 Å². The van der Waals surface area contributed by atoms with E-state index in [1.165, 1.54) is 0 Å². The van der Waals surface area contributed by atoms with Crippen molar-refractivity contribution in [3.8, 4) is 0 Å². The summed E-state index contributed by atoms with van der Waals surface area (Å²) in [5.41, 5.74) is -0.282. The minimum atomic E-state index is -0.282. The molecule has 0 radical (unpaired) electrons. The molecule has 11 heavy (non-hydrogen) atoms. The molecule has 0 aromatic heterocycles. The first-order chi connectivity index (χ1) is 5.08. The molecule has 0 rings (SSSR count). The van der Waals surface area contributed by atoms with E-state index in [4.69, 9.17) is 10.2 Å². The van der Waals surface area contributed by atoms with Crippen molar-refractivity contribution in [2.45, 2.75) is 33.6 Å². The molecule has 0 aromatic rings. The Balaban J connectivity index is 3.86. The lowest BCUT2D eigenvalue weighted by atomic mass is 9.82. The van der Waals surface area contributed by atoms with E-state index in [9.17, 15) is 0 Å². The topological polar surface area (TPSA) is 40.5 Å². The van der Waals surface area contributed by atoms with Gasteiger partial charge in [0.05, 0.1) is 13.2 Å². The lowest BCUT2D eigenvalue weighted by molar-refractivity contribution is 0.0500. The van der Waals surface area contributed by atoms with Crippen LogP contribution in [0.2, 0.25) is 0 Å². The maximum atomic E-state index is 8.97. The van der Waals surface area contributed by atoms with E-state index in [2.05, 4.69) is 13.8 Å². The number of rotatable bonds is 5. The van der Waals surface area contributed by atoms with E-state index in [1.807, 2.05) is 6.92 Å². The minimum Gasteiger partial charge on any atom is -0.396 e. The molecule has 0 aliphatic rings. The van der Waals surface area contributed by atoms with Crippen LogP contribution in [-0.2, 0) is 0 Å². The fourth-order valence-corrected chi connectivity index (χ4v) is 1.16. The van der Waals surface area contributed by atoms with E-state index in [1.54, 1.807) is 0 Å². The molecule has 0 saturated heterocycles. The number of hydrogen-bond acceptors (Lipinski definition) is 2. The van der Waals surface area contributed by atoms with Gasteiger partial charge in [-0.2, -0.15) is 0 Å². The summed E-state index contributed by atoms with van der Waals surface area (Å²) in [6, 6.07) is 0. The van der Waals surface area contributed by atoms with Crippen LogP contribution in [0.25, 0.3) is 0 Å². The van der Waals surface area contributed by atoms with Crippen LogP contribution in [0.3, 0.4) is 0 Å². The highest BCUT2D eigenvalue weighted by Crippen LogP contribution is 2.26. The van der Waals surface area contributed by atoms with Gasteiger partial charge in [0, 0.05) is 5.41 Å². The Labute approximate surface area is 69.2 Å². The number of hydrogen-bond donors (Lipinski definition) is 2. The largest absolute Gasteiger partial charge is 0.396 e. The number of aliphatic hydroxyl groups excluding tert-OH is 2. The van der Waals surface area contributed by atoms with E-state index in [0.717, 1.165) is 12.8 Å². The molecule has 0 spiro atoms. The maximum Gasteiger partial charge on any atom is 0.0506 e. The summed E-state index contributed by atoms with van der Waals surface area (Å²) in [6.07, 6.45) is 2.01. The fourth-order valence-electron chi connectivity index (χ4n) is 1.16. The summed E-state index contributed by atoms with van der Waals surface area (Å²) in [7, 11) is 0. The van der Waals surface area contributed by atoms with Gasteiger partial charge in [0.15, 0.2) is 0 Å². The van der Waals surface area contributed by atoms with Crippen LogP contribution in [0.15, 0.2) is 0 Å². The van der Waals surface area contributed by atoms with Crippen LogP contribution in [-0.4, -0.2) is 23.4 Å². The Morgan fingerprint density at radius 1 is 1.27 bits per heavy atom. The third-order valence-corrected chi connectivity index (χ3v) is 2.30. The van der Waals surface area contributed by atoms with Gasteiger partial charge in [-0.25, -0.2) is 0 Å². The van der Waals surface area contributed by atoms with Crippen molar-refractivity contribution in [1.82, 2.24) is 0 Å². The molecule has 0 aliphatic carbocycles. The molecular weight excluding hydrogens is 140 g/mol. The van der Waals surface area contributed by atoms with Crippen molar-refractivity contribution in [3.05, 3.63) is 0 Å². The van der Waals surface area contributed by atoms with E-state index < -0.39 is 0 Å². The van der Waals surface area contributed by atoms with Crippen molar-refractivity contribution in [2.24, 2.45) is 11.3 Å². The molecule has 1 unspecified atom stereocenters. The van der Waals surface area contributed by atoms with Gasteiger partial charge in [-0.1, -0.05) is 27.2 Å². The van der Waals surface area contributed by atoms with Crippen LogP contribution >= 0.6 is 0 Å². The molecule has 2 nitrogen and oxygen atoms in total. The molecule has 2 heteroatoms. The van der Waals surface area contributed by atoms with Gasteiger partial charge in [0.25, 0.3) is 0 Å². The molecule has 2 N–H and O–H groups in total. The normalized spacial score (nSPS) is 15.0. The summed E-state index contributed by atoms with van der Waals surface area (Å²) in [4.78, 5) is 0. The first-order valence-electron chi connectivity index (χ1n) is 4.29. The van der Waals surface area contributed by atoms with Crippen molar-refractivity contribution < 1.29 is 10.2 Å². The highest BCUT2D eigenvalue weighted by atomic mass is 16.3. The summed E-state index contributed by atoms with van der Waals surface area (Å²) in [5.74, 6) is 0.583. The van der Waals surface area contributed by atoms with Crippen LogP contribution in [0, 0.1) is 11.3 Å². The zero-order chi connectivity index (χ0) is 8.91. The first kappa shape index (κ1) is 10.9. The van der Waals surface area contributed by atoms with E-state index in [0.29, 0.717) is 5.92 Å². The van der Waals surface area contributed by atoms with Gasteiger partial charge < -0.3 is 10.2 Å². The molecule has 0 amide bonds. The standard InChI is InChI=1S/C9H20O2/c1-4-8(2)5-9(3,6-10)7-11/h8,10-11H,4-7H2,1-3H3. The zero-order valence-corrected chi connectivity index (χ0v) is 7.80. The van der Waals surface area contributed by atoms with Crippen molar-refractivity contribution >= 4 is 0 Å². The van der Waals surface area contributed by atoms with Crippen molar-refractivity contribution in [1.29, 1.82) is 0 Å². The second-order valence-corrected chi connectivity index (χ2v) is 3.84.